The number of terminal acetylenes is 1. The number of carbonyl (C=O) groups excluding carboxylic acids is 4. The lowest BCUT2D eigenvalue weighted by Crippen LogP contribution is -2.52. The highest BCUT2D eigenvalue weighted by molar-refractivity contribution is 6.06. The number of carbonyl (C=O) groups is 4. The molecule has 372 valence electrons. The standard InChI is InChI=1S/C53H53F2N9O8/c1-3-37-41(54)11-6-30-18-35(65)20-39(44(30)37)46-45(55)47-40(22-57-46)48(62-25-32-7-8-33(26-62)58-32)61-51(60-47)72-28-53-15-14-34(64(53)23-29(2)21-53)27-71-52(69)56-16-4-5-17-70-36-9-10-38-31(19-36)24-63(50(38)68)42-12-13-43(66)59-49(42)67/h1,6,9-11,18-20,22,32-34,42,58,65H,2,4-5,7-8,12-17,21,23-28H2,(H,56,69)(H,59,66,67). The molecule has 17 nitrogen and oxygen atoms in total. The van der Waals surface area contributed by atoms with Crippen LogP contribution in [-0.4, -0.2) is 129 Å². The topological polar surface area (TPSA) is 201 Å². The summed E-state index contributed by atoms with van der Waals surface area (Å²) < 4.78 is 50.5. The van der Waals surface area contributed by atoms with Crippen LogP contribution in [0.25, 0.3) is 32.9 Å². The van der Waals surface area contributed by atoms with Crippen LogP contribution < -0.4 is 30.3 Å². The average molecular weight is 982 g/mol. The number of piperidine rings is 1. The van der Waals surface area contributed by atoms with Gasteiger partial charge in [0.15, 0.2) is 5.82 Å². The van der Waals surface area contributed by atoms with Gasteiger partial charge in [-0.2, -0.15) is 9.97 Å². The van der Waals surface area contributed by atoms with Crippen molar-refractivity contribution in [3.63, 3.8) is 0 Å². The summed E-state index contributed by atoms with van der Waals surface area (Å²) in [6.07, 6.45) is 12.6. The Hall–Kier alpha value is -7.43. The lowest BCUT2D eigenvalue weighted by atomic mass is 9.94. The summed E-state index contributed by atoms with van der Waals surface area (Å²) in [6.45, 7) is 7.53. The van der Waals surface area contributed by atoms with Crippen molar-refractivity contribution in [2.75, 3.05) is 50.9 Å². The second kappa shape index (κ2) is 19.0. The Kier molecular flexibility index (Phi) is 12.4. The van der Waals surface area contributed by atoms with E-state index >= 15 is 8.78 Å². The van der Waals surface area contributed by atoms with Crippen molar-refractivity contribution in [1.29, 1.82) is 0 Å². The maximum absolute atomic E-state index is 17.2. The van der Waals surface area contributed by atoms with Gasteiger partial charge in [-0.15, -0.1) is 6.42 Å². The van der Waals surface area contributed by atoms with Gasteiger partial charge in [0.25, 0.3) is 5.91 Å². The molecule has 19 heteroatoms. The quantitative estimate of drug-likeness (QED) is 0.0461. The zero-order chi connectivity index (χ0) is 49.8. The number of phenols is 1. The van der Waals surface area contributed by atoms with Crippen LogP contribution in [0.3, 0.4) is 0 Å². The van der Waals surface area contributed by atoms with Crippen molar-refractivity contribution < 1.29 is 47.3 Å². The van der Waals surface area contributed by atoms with E-state index in [4.69, 9.17) is 25.6 Å². The second-order valence-electron chi connectivity index (χ2n) is 19.8. The van der Waals surface area contributed by atoms with Crippen molar-refractivity contribution in [2.45, 2.75) is 94.0 Å². The number of fused-ring (bicyclic) bond motifs is 6. The van der Waals surface area contributed by atoms with Crippen molar-refractivity contribution in [2.24, 2.45) is 0 Å². The van der Waals surface area contributed by atoms with E-state index in [1.807, 2.05) is 0 Å². The molecular weight excluding hydrogens is 929 g/mol. The number of benzene rings is 3. The molecule has 5 saturated heterocycles. The number of alkyl carbamates (subject to hydrolysis) is 1. The molecule has 6 aliphatic heterocycles. The minimum Gasteiger partial charge on any atom is -0.508 e. The van der Waals surface area contributed by atoms with Gasteiger partial charge in [0.05, 0.1) is 23.1 Å². The lowest BCUT2D eigenvalue weighted by molar-refractivity contribution is -0.136. The van der Waals surface area contributed by atoms with Crippen LogP contribution in [0.1, 0.15) is 79.3 Å². The third kappa shape index (κ3) is 8.76. The molecule has 5 unspecified atom stereocenters. The SMILES string of the molecule is C#Cc1c(F)ccc2cc(O)cc(-c3ncc4c(N5CC6CCC(C5)N6)nc(OCC56CCC(COC(=O)NCCCCOc7ccc8c(c7)CN(C7CCC(=O)NC7=O)C8=O)N5CC(=C)C6)nc4c3F)c12. The van der Waals surface area contributed by atoms with Gasteiger partial charge < -0.3 is 39.8 Å². The van der Waals surface area contributed by atoms with Gasteiger partial charge in [-0.05, 0) is 98.7 Å². The molecule has 5 atom stereocenters. The number of nitrogens with one attached hydrogen (secondary N) is 3. The van der Waals surface area contributed by atoms with Crippen LogP contribution in [0.15, 0.2) is 60.8 Å². The molecule has 2 aromatic heterocycles. The van der Waals surface area contributed by atoms with Gasteiger partial charge in [-0.1, -0.05) is 24.1 Å². The highest BCUT2D eigenvalue weighted by Gasteiger charge is 2.51. The van der Waals surface area contributed by atoms with Gasteiger partial charge >= 0.3 is 12.1 Å². The Morgan fingerprint density at radius 2 is 1.83 bits per heavy atom. The van der Waals surface area contributed by atoms with Crippen LogP contribution >= 0.6 is 0 Å². The largest absolute Gasteiger partial charge is 0.508 e. The number of anilines is 1. The Morgan fingerprint density at radius 1 is 1.00 bits per heavy atom. The minimum absolute atomic E-state index is 0.0194. The number of hydrogen-bond acceptors (Lipinski definition) is 14. The van der Waals surface area contributed by atoms with Crippen LogP contribution in [0, 0.1) is 24.0 Å². The first-order valence-corrected chi connectivity index (χ1v) is 24.5. The molecule has 0 spiro atoms. The summed E-state index contributed by atoms with van der Waals surface area (Å²) in [5.41, 5.74) is 1.63. The van der Waals surface area contributed by atoms with E-state index in [2.05, 4.69) is 48.2 Å². The van der Waals surface area contributed by atoms with Crippen LogP contribution in [0.2, 0.25) is 0 Å². The number of halogens is 2. The Balaban J connectivity index is 0.721. The Labute approximate surface area is 413 Å². The molecule has 4 N–H and O–H groups in total. The highest BCUT2D eigenvalue weighted by Crippen LogP contribution is 2.45. The number of hydrogen-bond donors (Lipinski definition) is 4. The van der Waals surface area contributed by atoms with E-state index < -0.39 is 35.2 Å². The monoisotopic (exact) mass is 981 g/mol. The highest BCUT2D eigenvalue weighted by atomic mass is 19.1. The lowest BCUT2D eigenvalue weighted by Gasteiger charge is -2.35. The predicted molar refractivity (Wildman–Crippen MR) is 260 cm³/mol. The van der Waals surface area contributed by atoms with E-state index in [0.717, 1.165) is 36.8 Å². The van der Waals surface area contributed by atoms with Gasteiger partial charge in [0.1, 0.15) is 53.6 Å². The van der Waals surface area contributed by atoms with Crippen molar-refractivity contribution in [3.05, 3.63) is 89.1 Å². The molecular formula is C53H53F2N9O8. The molecule has 5 aromatic rings. The van der Waals surface area contributed by atoms with E-state index in [9.17, 15) is 24.3 Å². The average Bonchev–Trinajstić information content (AvgIpc) is 4.09. The Morgan fingerprint density at radius 3 is 2.64 bits per heavy atom. The number of imide groups is 1. The molecule has 3 aromatic carbocycles. The minimum atomic E-state index is -0.797. The number of aromatic hydroxyl groups is 1. The molecule has 2 bridgehead atoms. The maximum Gasteiger partial charge on any atom is 0.407 e. The summed E-state index contributed by atoms with van der Waals surface area (Å²) in [5.74, 6) is 0.814. The number of ether oxygens (including phenoxy) is 3. The number of phenolic OH excluding ortho intramolecular Hbond substituents is 1. The fourth-order valence-corrected chi connectivity index (χ4v) is 11.7. The Bertz CT molecular complexity index is 3120. The van der Waals surface area contributed by atoms with E-state index in [-0.39, 0.29) is 95.6 Å². The number of nitrogens with zero attached hydrogens (tertiary/aromatic N) is 6. The zero-order valence-electron chi connectivity index (χ0n) is 39.5. The number of pyridine rings is 1. The normalized spacial score (nSPS) is 23.6. The van der Waals surface area contributed by atoms with Gasteiger partial charge in [-0.25, -0.2) is 13.6 Å². The summed E-state index contributed by atoms with van der Waals surface area (Å²) >= 11 is 0. The number of aromatic nitrogens is 3. The van der Waals surface area contributed by atoms with Crippen LogP contribution in [0.4, 0.5) is 19.4 Å². The second-order valence-corrected chi connectivity index (χ2v) is 19.8. The maximum atomic E-state index is 17.2. The number of rotatable bonds is 14. The molecule has 0 saturated carbocycles. The molecule has 0 radical (unpaired) electrons. The third-order valence-electron chi connectivity index (χ3n) is 15.1. The summed E-state index contributed by atoms with van der Waals surface area (Å²) in [6, 6.07) is 10.3. The van der Waals surface area contributed by atoms with Crippen molar-refractivity contribution in [3.8, 4) is 41.1 Å². The van der Waals surface area contributed by atoms with Crippen LogP contribution in [-0.2, 0) is 20.9 Å². The third-order valence-corrected chi connectivity index (χ3v) is 15.1. The van der Waals surface area contributed by atoms with Crippen LogP contribution in [0.5, 0.6) is 17.5 Å². The van der Waals surface area contributed by atoms with E-state index in [1.165, 1.54) is 35.4 Å². The molecule has 0 aliphatic carbocycles. The first-order valence-electron chi connectivity index (χ1n) is 24.5. The molecule has 72 heavy (non-hydrogen) atoms. The van der Waals surface area contributed by atoms with Crippen molar-refractivity contribution in [1.82, 2.24) is 40.7 Å². The van der Waals surface area contributed by atoms with Gasteiger partial charge in [0.2, 0.25) is 11.8 Å². The molecule has 6 aliphatic rings. The first kappa shape index (κ1) is 46.9. The summed E-state index contributed by atoms with van der Waals surface area (Å²) in [7, 11) is 0. The summed E-state index contributed by atoms with van der Waals surface area (Å²) in [4.78, 5) is 70.0. The van der Waals surface area contributed by atoms with Gasteiger partial charge in [0, 0.05) is 80.0 Å². The number of unbranched alkanes of at least 4 members (excludes halogenated alkanes) is 1. The fraction of sp³-hybridized carbons (Fsp3) is 0.415. The zero-order valence-corrected chi connectivity index (χ0v) is 39.5. The number of piperazine rings is 1. The smallest absolute Gasteiger partial charge is 0.407 e. The van der Waals surface area contributed by atoms with Gasteiger partial charge in [-0.3, -0.25) is 29.6 Å². The fourth-order valence-electron chi connectivity index (χ4n) is 11.7. The molecule has 5 fully saturated rings. The van der Waals surface area contributed by atoms with E-state index in [0.29, 0.717) is 86.4 Å². The molecule has 11 rings (SSSR count). The van der Waals surface area contributed by atoms with E-state index in [1.54, 1.807) is 18.2 Å². The molecule has 4 amide bonds. The number of amides is 4. The van der Waals surface area contributed by atoms with Crippen molar-refractivity contribution >= 4 is 51.3 Å². The first-order chi connectivity index (χ1) is 34.8. The summed E-state index contributed by atoms with van der Waals surface area (Å²) in [5, 5.41) is 20.5. The molecule has 8 heterocycles. The predicted octanol–water partition coefficient (Wildman–Crippen LogP) is 5.64.